The van der Waals surface area contributed by atoms with E-state index in [0.29, 0.717) is 33.3 Å². The summed E-state index contributed by atoms with van der Waals surface area (Å²) < 4.78 is 5.12. The standard InChI is InChI=1S/C11H7Cl2NO2S/c1-16-9-7(4-15)6(2-3-8(9)12)10-11(13)14-5-17-10/h2-5H,1H3. The molecule has 1 aromatic carbocycles. The Morgan fingerprint density at radius 2 is 2.18 bits per heavy atom. The highest BCUT2D eigenvalue weighted by Crippen LogP contribution is 2.39. The van der Waals surface area contributed by atoms with Crippen molar-refractivity contribution in [1.29, 1.82) is 0 Å². The Kier molecular flexibility index (Phi) is 3.66. The topological polar surface area (TPSA) is 39.2 Å². The number of carbonyl (C=O) groups is 1. The van der Waals surface area contributed by atoms with Crippen LogP contribution in [0.4, 0.5) is 0 Å². The Balaban J connectivity index is 2.71. The summed E-state index contributed by atoms with van der Waals surface area (Å²) in [6, 6.07) is 3.40. The van der Waals surface area contributed by atoms with E-state index in [9.17, 15) is 4.79 Å². The monoisotopic (exact) mass is 287 g/mol. The number of benzene rings is 1. The third-order valence-electron chi connectivity index (χ3n) is 2.24. The second-order valence-electron chi connectivity index (χ2n) is 3.13. The van der Waals surface area contributed by atoms with Crippen molar-refractivity contribution in [3.63, 3.8) is 0 Å². The van der Waals surface area contributed by atoms with Gasteiger partial charge in [-0.1, -0.05) is 29.3 Å². The van der Waals surface area contributed by atoms with Crippen molar-refractivity contribution in [2.75, 3.05) is 7.11 Å². The molecule has 2 aromatic rings. The fourth-order valence-corrected chi connectivity index (χ4v) is 2.81. The maximum Gasteiger partial charge on any atom is 0.154 e. The lowest BCUT2D eigenvalue weighted by Gasteiger charge is -2.09. The number of hydrogen-bond acceptors (Lipinski definition) is 4. The highest BCUT2D eigenvalue weighted by atomic mass is 35.5. The second-order valence-corrected chi connectivity index (χ2v) is 4.75. The molecular weight excluding hydrogens is 281 g/mol. The van der Waals surface area contributed by atoms with E-state index < -0.39 is 0 Å². The zero-order valence-electron chi connectivity index (χ0n) is 8.74. The molecule has 1 aromatic heterocycles. The summed E-state index contributed by atoms with van der Waals surface area (Å²) in [5.41, 5.74) is 2.67. The van der Waals surface area contributed by atoms with E-state index in [1.165, 1.54) is 18.4 Å². The molecule has 0 unspecified atom stereocenters. The van der Waals surface area contributed by atoms with Gasteiger partial charge in [-0.05, 0) is 6.07 Å². The molecule has 2 rings (SSSR count). The van der Waals surface area contributed by atoms with Crippen LogP contribution in [0.15, 0.2) is 17.6 Å². The van der Waals surface area contributed by atoms with Crippen molar-refractivity contribution in [2.45, 2.75) is 0 Å². The number of halogens is 2. The number of aromatic nitrogens is 1. The Bertz CT molecular complexity index is 569. The minimum atomic E-state index is 0.351. The predicted molar refractivity (Wildman–Crippen MR) is 69.5 cm³/mol. The van der Waals surface area contributed by atoms with Crippen molar-refractivity contribution in [3.05, 3.63) is 33.4 Å². The Morgan fingerprint density at radius 1 is 1.41 bits per heavy atom. The molecule has 6 heteroatoms. The Labute approximate surface area is 112 Å². The Hall–Kier alpha value is -1.10. The number of ether oxygens (including phenoxy) is 1. The molecule has 0 aliphatic heterocycles. The van der Waals surface area contributed by atoms with E-state index in [2.05, 4.69) is 4.98 Å². The first-order chi connectivity index (χ1) is 8.19. The molecule has 0 bridgehead atoms. The van der Waals surface area contributed by atoms with Crippen LogP contribution in [0.2, 0.25) is 10.2 Å². The number of aldehydes is 1. The second kappa shape index (κ2) is 5.04. The van der Waals surface area contributed by atoms with E-state index in [-0.39, 0.29) is 0 Å². The third kappa shape index (κ3) is 2.16. The molecule has 0 saturated carbocycles. The summed E-state index contributed by atoms with van der Waals surface area (Å²) in [7, 11) is 1.46. The summed E-state index contributed by atoms with van der Waals surface area (Å²) in [6.45, 7) is 0. The average Bonchev–Trinajstić information content (AvgIpc) is 2.74. The molecule has 88 valence electrons. The molecule has 0 aliphatic rings. The zero-order valence-corrected chi connectivity index (χ0v) is 11.1. The van der Waals surface area contributed by atoms with E-state index >= 15 is 0 Å². The summed E-state index contributed by atoms with van der Waals surface area (Å²) in [6.07, 6.45) is 0.704. The highest BCUT2D eigenvalue weighted by molar-refractivity contribution is 7.14. The van der Waals surface area contributed by atoms with Crippen LogP contribution in [0.1, 0.15) is 10.4 Å². The quantitative estimate of drug-likeness (QED) is 0.803. The molecule has 0 aliphatic carbocycles. The maximum absolute atomic E-state index is 11.2. The molecule has 1 heterocycles. The summed E-state index contributed by atoms with van der Waals surface area (Å²) in [5, 5.41) is 0.751. The largest absolute Gasteiger partial charge is 0.494 e. The first-order valence-electron chi connectivity index (χ1n) is 4.60. The van der Waals surface area contributed by atoms with E-state index in [1.807, 2.05) is 0 Å². The van der Waals surface area contributed by atoms with Gasteiger partial charge in [0.2, 0.25) is 0 Å². The summed E-state index contributed by atoms with van der Waals surface area (Å²) in [5.74, 6) is 0.351. The number of methoxy groups -OCH3 is 1. The molecule has 17 heavy (non-hydrogen) atoms. The number of hydrogen-bond donors (Lipinski definition) is 0. The molecule has 3 nitrogen and oxygen atoms in total. The lowest BCUT2D eigenvalue weighted by molar-refractivity contribution is 0.112. The van der Waals surface area contributed by atoms with Gasteiger partial charge < -0.3 is 4.74 Å². The van der Waals surface area contributed by atoms with Gasteiger partial charge in [-0.3, -0.25) is 4.79 Å². The molecular formula is C11H7Cl2NO2S. The SMILES string of the molecule is COc1c(Cl)ccc(-c2scnc2Cl)c1C=O. The van der Waals surface area contributed by atoms with E-state index in [4.69, 9.17) is 27.9 Å². The lowest BCUT2D eigenvalue weighted by Crippen LogP contribution is -1.94. The number of carbonyl (C=O) groups excluding carboxylic acids is 1. The van der Waals surface area contributed by atoms with Gasteiger partial charge in [0.05, 0.1) is 28.1 Å². The van der Waals surface area contributed by atoms with Gasteiger partial charge in [0.25, 0.3) is 0 Å². The molecule has 0 atom stereocenters. The molecule has 0 saturated heterocycles. The van der Waals surface area contributed by atoms with Crippen molar-refractivity contribution in [3.8, 4) is 16.2 Å². The van der Waals surface area contributed by atoms with E-state index in [0.717, 1.165) is 4.88 Å². The minimum absolute atomic E-state index is 0.351. The normalized spacial score (nSPS) is 10.3. The van der Waals surface area contributed by atoms with Gasteiger partial charge in [-0.25, -0.2) is 4.98 Å². The number of nitrogens with zero attached hydrogens (tertiary/aromatic N) is 1. The molecule has 0 N–H and O–H groups in total. The van der Waals surface area contributed by atoms with Crippen LogP contribution < -0.4 is 4.74 Å². The van der Waals surface area contributed by atoms with Crippen LogP contribution in [0.25, 0.3) is 10.4 Å². The van der Waals surface area contributed by atoms with Crippen LogP contribution in [0.3, 0.4) is 0 Å². The van der Waals surface area contributed by atoms with Crippen molar-refractivity contribution >= 4 is 40.8 Å². The first-order valence-corrected chi connectivity index (χ1v) is 6.23. The fourth-order valence-electron chi connectivity index (χ4n) is 1.50. The van der Waals surface area contributed by atoms with Gasteiger partial charge in [0, 0.05) is 5.56 Å². The number of thiazole rings is 1. The minimum Gasteiger partial charge on any atom is -0.494 e. The zero-order chi connectivity index (χ0) is 12.4. The highest BCUT2D eigenvalue weighted by Gasteiger charge is 2.17. The van der Waals surface area contributed by atoms with Crippen molar-refractivity contribution in [2.24, 2.45) is 0 Å². The molecule has 0 fully saturated rings. The van der Waals surface area contributed by atoms with Crippen LogP contribution in [0, 0.1) is 0 Å². The van der Waals surface area contributed by atoms with Gasteiger partial charge in [-0.2, -0.15) is 0 Å². The molecule has 0 radical (unpaired) electrons. The average molecular weight is 288 g/mol. The van der Waals surface area contributed by atoms with Crippen LogP contribution in [-0.2, 0) is 0 Å². The van der Waals surface area contributed by atoms with Crippen molar-refractivity contribution in [1.82, 2.24) is 4.98 Å². The van der Waals surface area contributed by atoms with E-state index in [1.54, 1.807) is 17.6 Å². The third-order valence-corrected chi connectivity index (χ3v) is 3.79. The van der Waals surface area contributed by atoms with Crippen LogP contribution >= 0.6 is 34.5 Å². The van der Waals surface area contributed by atoms with Gasteiger partial charge >= 0.3 is 0 Å². The molecule has 0 amide bonds. The predicted octanol–water partition coefficient (Wildman–Crippen LogP) is 3.94. The van der Waals surface area contributed by atoms with Crippen LogP contribution in [-0.4, -0.2) is 18.4 Å². The van der Waals surface area contributed by atoms with Gasteiger partial charge in [0.1, 0.15) is 10.9 Å². The van der Waals surface area contributed by atoms with Crippen molar-refractivity contribution < 1.29 is 9.53 Å². The summed E-state index contributed by atoms with van der Waals surface area (Å²) >= 11 is 13.3. The lowest BCUT2D eigenvalue weighted by atomic mass is 10.1. The van der Waals surface area contributed by atoms with Gasteiger partial charge in [-0.15, -0.1) is 11.3 Å². The summed E-state index contributed by atoms with van der Waals surface area (Å²) in [4.78, 5) is 15.8. The fraction of sp³-hybridized carbons (Fsp3) is 0.0909. The first kappa shape index (κ1) is 12.4. The maximum atomic E-state index is 11.2. The Morgan fingerprint density at radius 3 is 2.71 bits per heavy atom. The number of rotatable bonds is 3. The molecule has 0 spiro atoms. The smallest absolute Gasteiger partial charge is 0.154 e. The van der Waals surface area contributed by atoms with Crippen LogP contribution in [0.5, 0.6) is 5.75 Å². The van der Waals surface area contributed by atoms with Gasteiger partial charge in [0.15, 0.2) is 6.29 Å².